The average Bonchev–Trinajstić information content (AvgIpc) is 2.80. The summed E-state index contributed by atoms with van der Waals surface area (Å²) in [5, 5.41) is 1.12. The van der Waals surface area contributed by atoms with Crippen LogP contribution in [0.2, 0.25) is 0 Å². The van der Waals surface area contributed by atoms with Gasteiger partial charge in [0.1, 0.15) is 11.5 Å². The Morgan fingerprint density at radius 1 is 0.844 bits per heavy atom. The monoisotopic (exact) mass is 438 g/mol. The molecule has 2 aromatic carbocycles. The van der Waals surface area contributed by atoms with Crippen molar-refractivity contribution in [3.05, 3.63) is 47.0 Å². The number of aryl methyl sites for hydroxylation is 1. The van der Waals surface area contributed by atoms with Crippen molar-refractivity contribution in [1.29, 1.82) is 0 Å². The van der Waals surface area contributed by atoms with Gasteiger partial charge in [-0.1, -0.05) is 6.07 Å². The molecule has 6 heteroatoms. The van der Waals surface area contributed by atoms with Crippen LogP contribution in [0.3, 0.4) is 0 Å². The molecule has 0 N–H and O–H groups in total. The standard InChI is InChI=1S/C26H34N2O4/c1-8-28(9-2)21-11-10-19(16-30-5)26-20(21)12-17(3)25(27-26)24-22(31-6)13-18(15-29-4)14-23(24)32-7/h10-14H,8-9,15-16H2,1-7H3. The van der Waals surface area contributed by atoms with Gasteiger partial charge in [0, 0.05) is 43.9 Å². The van der Waals surface area contributed by atoms with E-state index in [2.05, 4.69) is 43.9 Å². The third kappa shape index (κ3) is 4.52. The molecule has 0 aliphatic rings. The molecule has 1 heterocycles. The van der Waals surface area contributed by atoms with E-state index < -0.39 is 0 Å². The van der Waals surface area contributed by atoms with Crippen LogP contribution in [0, 0.1) is 6.92 Å². The Balaban J connectivity index is 2.33. The largest absolute Gasteiger partial charge is 0.496 e. The molecule has 32 heavy (non-hydrogen) atoms. The van der Waals surface area contributed by atoms with Gasteiger partial charge in [0.15, 0.2) is 0 Å². The molecular formula is C26H34N2O4. The van der Waals surface area contributed by atoms with Crippen molar-refractivity contribution in [3.63, 3.8) is 0 Å². The van der Waals surface area contributed by atoms with Crippen molar-refractivity contribution in [2.24, 2.45) is 0 Å². The van der Waals surface area contributed by atoms with Gasteiger partial charge in [0.25, 0.3) is 0 Å². The summed E-state index contributed by atoms with van der Waals surface area (Å²) in [6.07, 6.45) is 0. The number of anilines is 1. The van der Waals surface area contributed by atoms with E-state index in [1.165, 1.54) is 5.69 Å². The molecular weight excluding hydrogens is 404 g/mol. The molecule has 0 aliphatic heterocycles. The predicted molar refractivity (Wildman–Crippen MR) is 130 cm³/mol. The van der Waals surface area contributed by atoms with Gasteiger partial charge in [-0.2, -0.15) is 0 Å². The second-order valence-electron chi connectivity index (χ2n) is 7.71. The number of nitrogens with zero attached hydrogens (tertiary/aromatic N) is 2. The fraction of sp³-hybridized carbons (Fsp3) is 0.423. The maximum Gasteiger partial charge on any atom is 0.132 e. The zero-order valence-electron chi connectivity index (χ0n) is 20.2. The Bertz CT molecular complexity index is 1050. The Hall–Kier alpha value is -2.83. The number of pyridine rings is 1. The fourth-order valence-electron chi connectivity index (χ4n) is 4.22. The van der Waals surface area contributed by atoms with Gasteiger partial charge >= 0.3 is 0 Å². The van der Waals surface area contributed by atoms with Gasteiger partial charge < -0.3 is 23.8 Å². The number of ether oxygens (including phenoxy) is 4. The molecule has 6 nitrogen and oxygen atoms in total. The first-order chi connectivity index (χ1) is 15.5. The lowest BCUT2D eigenvalue weighted by atomic mass is 9.98. The molecule has 0 amide bonds. The summed E-state index contributed by atoms with van der Waals surface area (Å²) in [5.74, 6) is 1.42. The number of benzene rings is 2. The maximum absolute atomic E-state index is 5.76. The normalized spacial score (nSPS) is 11.1. The van der Waals surface area contributed by atoms with Gasteiger partial charge in [-0.3, -0.25) is 0 Å². The van der Waals surface area contributed by atoms with Gasteiger partial charge in [0.05, 0.1) is 44.2 Å². The predicted octanol–water partition coefficient (Wildman–Crippen LogP) is 5.37. The fourth-order valence-corrected chi connectivity index (χ4v) is 4.22. The van der Waals surface area contributed by atoms with Crippen molar-refractivity contribution in [1.82, 2.24) is 4.98 Å². The van der Waals surface area contributed by atoms with Crippen LogP contribution in [0.25, 0.3) is 22.2 Å². The molecule has 0 bridgehead atoms. The average molecular weight is 439 g/mol. The van der Waals surface area contributed by atoms with Crippen LogP contribution in [0.15, 0.2) is 30.3 Å². The van der Waals surface area contributed by atoms with E-state index >= 15 is 0 Å². The topological polar surface area (TPSA) is 53.1 Å². The molecule has 0 atom stereocenters. The maximum atomic E-state index is 5.76. The van der Waals surface area contributed by atoms with Crippen molar-refractivity contribution >= 4 is 16.6 Å². The van der Waals surface area contributed by atoms with Crippen LogP contribution < -0.4 is 14.4 Å². The number of hydrogen-bond donors (Lipinski definition) is 0. The van der Waals surface area contributed by atoms with Gasteiger partial charge in [0.2, 0.25) is 0 Å². The van der Waals surface area contributed by atoms with Gasteiger partial charge in [-0.05, 0) is 56.2 Å². The Kier molecular flexibility index (Phi) is 7.94. The van der Waals surface area contributed by atoms with E-state index in [9.17, 15) is 0 Å². The molecule has 0 aliphatic carbocycles. The second-order valence-corrected chi connectivity index (χ2v) is 7.71. The molecule has 0 fully saturated rings. The quantitative estimate of drug-likeness (QED) is 0.424. The molecule has 1 aromatic heterocycles. The number of hydrogen-bond acceptors (Lipinski definition) is 6. The minimum Gasteiger partial charge on any atom is -0.496 e. The van der Waals surface area contributed by atoms with E-state index in [-0.39, 0.29) is 0 Å². The van der Waals surface area contributed by atoms with Crippen LogP contribution in [-0.2, 0) is 22.7 Å². The lowest BCUT2D eigenvalue weighted by Crippen LogP contribution is -2.22. The third-order valence-corrected chi connectivity index (χ3v) is 5.75. The molecule has 3 aromatic rings. The van der Waals surface area contributed by atoms with Crippen LogP contribution >= 0.6 is 0 Å². The highest BCUT2D eigenvalue weighted by Crippen LogP contribution is 2.42. The molecule has 0 unspecified atom stereocenters. The van der Waals surface area contributed by atoms with E-state index in [4.69, 9.17) is 23.9 Å². The Morgan fingerprint density at radius 2 is 1.47 bits per heavy atom. The molecule has 3 rings (SSSR count). The molecule has 0 spiro atoms. The van der Waals surface area contributed by atoms with Crippen molar-refractivity contribution < 1.29 is 18.9 Å². The number of aromatic nitrogens is 1. The molecule has 172 valence electrons. The minimum absolute atomic E-state index is 0.475. The van der Waals surface area contributed by atoms with E-state index in [0.29, 0.717) is 24.7 Å². The summed E-state index contributed by atoms with van der Waals surface area (Å²) in [5.41, 5.74) is 6.87. The summed E-state index contributed by atoms with van der Waals surface area (Å²) in [6, 6.07) is 10.5. The number of rotatable bonds is 10. The molecule has 0 saturated carbocycles. The summed E-state index contributed by atoms with van der Waals surface area (Å²) in [6.45, 7) is 9.25. The zero-order valence-corrected chi connectivity index (χ0v) is 20.2. The first-order valence-corrected chi connectivity index (χ1v) is 10.9. The van der Waals surface area contributed by atoms with Crippen molar-refractivity contribution in [2.75, 3.05) is 46.4 Å². The zero-order chi connectivity index (χ0) is 23.3. The smallest absolute Gasteiger partial charge is 0.132 e. The Labute approximate surface area is 191 Å². The van der Waals surface area contributed by atoms with Crippen molar-refractivity contribution in [2.45, 2.75) is 34.0 Å². The SMILES string of the molecule is CCN(CC)c1ccc(COC)c2nc(-c3c(OC)cc(COC)cc3OC)c(C)cc12. The summed E-state index contributed by atoms with van der Waals surface area (Å²) in [4.78, 5) is 7.52. The Morgan fingerprint density at radius 3 is 2.00 bits per heavy atom. The lowest BCUT2D eigenvalue weighted by molar-refractivity contribution is 0.184. The molecule has 0 radical (unpaired) electrons. The number of methoxy groups -OCH3 is 4. The summed E-state index contributed by atoms with van der Waals surface area (Å²) in [7, 11) is 6.71. The minimum atomic E-state index is 0.475. The van der Waals surface area contributed by atoms with Crippen LogP contribution in [0.1, 0.15) is 30.5 Å². The molecule has 0 saturated heterocycles. The summed E-state index contributed by atoms with van der Waals surface area (Å²) < 4.78 is 22.3. The van der Waals surface area contributed by atoms with Crippen LogP contribution in [0.4, 0.5) is 5.69 Å². The first-order valence-electron chi connectivity index (χ1n) is 10.9. The highest BCUT2D eigenvalue weighted by molar-refractivity contribution is 5.97. The second kappa shape index (κ2) is 10.7. The number of fused-ring (bicyclic) bond motifs is 1. The highest BCUT2D eigenvalue weighted by Gasteiger charge is 2.21. The van der Waals surface area contributed by atoms with E-state index in [0.717, 1.165) is 51.9 Å². The first kappa shape index (κ1) is 23.8. The van der Waals surface area contributed by atoms with E-state index in [1.807, 2.05) is 12.1 Å². The van der Waals surface area contributed by atoms with Crippen LogP contribution in [0.5, 0.6) is 11.5 Å². The van der Waals surface area contributed by atoms with Crippen molar-refractivity contribution in [3.8, 4) is 22.8 Å². The highest BCUT2D eigenvalue weighted by atomic mass is 16.5. The van der Waals surface area contributed by atoms with Crippen LogP contribution in [-0.4, -0.2) is 46.5 Å². The van der Waals surface area contributed by atoms with E-state index in [1.54, 1.807) is 28.4 Å². The van der Waals surface area contributed by atoms with Gasteiger partial charge in [-0.25, -0.2) is 4.98 Å². The third-order valence-electron chi connectivity index (χ3n) is 5.75. The summed E-state index contributed by atoms with van der Waals surface area (Å²) >= 11 is 0. The lowest BCUT2D eigenvalue weighted by Gasteiger charge is -2.24. The van der Waals surface area contributed by atoms with Gasteiger partial charge in [-0.15, -0.1) is 0 Å².